The molecule has 3 heterocycles. The molecule has 2 aromatic carbocycles. The molecule has 0 saturated carbocycles. The highest BCUT2D eigenvalue weighted by Crippen LogP contribution is 2.38. The molecule has 6 heteroatoms. The Morgan fingerprint density at radius 1 is 1.03 bits per heavy atom. The maximum Gasteiger partial charge on any atom is 0.318 e. The standard InChI is InChI=1S/C25H25N5O/c1-3-21-20-17-29(25(31)26-2)23(18-11-6-4-7-12-18)22-15-10-16-28(22)24(20)30(27-21)19-13-8-5-9-14-19/h4-16,23H,3,17H2,1-2H3,(H,26,31). The van der Waals surface area contributed by atoms with Crippen LogP contribution in [0, 0.1) is 0 Å². The highest BCUT2D eigenvalue weighted by atomic mass is 16.2. The van der Waals surface area contributed by atoms with Crippen LogP contribution in [0.25, 0.3) is 11.5 Å². The van der Waals surface area contributed by atoms with Crippen LogP contribution in [0.5, 0.6) is 0 Å². The molecule has 1 N–H and O–H groups in total. The Bertz CT molecular complexity index is 1210. The van der Waals surface area contributed by atoms with E-state index in [-0.39, 0.29) is 12.1 Å². The third-order valence-electron chi connectivity index (χ3n) is 5.89. The van der Waals surface area contributed by atoms with Gasteiger partial charge in [-0.1, -0.05) is 55.5 Å². The number of hydrogen-bond acceptors (Lipinski definition) is 2. The lowest BCUT2D eigenvalue weighted by Crippen LogP contribution is -2.40. The molecule has 0 saturated heterocycles. The summed E-state index contributed by atoms with van der Waals surface area (Å²) >= 11 is 0. The zero-order valence-corrected chi connectivity index (χ0v) is 17.7. The van der Waals surface area contributed by atoms with Crippen LogP contribution in [-0.4, -0.2) is 32.3 Å². The largest absolute Gasteiger partial charge is 0.341 e. The number of para-hydroxylation sites is 1. The fourth-order valence-electron chi connectivity index (χ4n) is 4.48. The molecule has 0 aliphatic carbocycles. The molecule has 4 aromatic rings. The first kappa shape index (κ1) is 19.2. The molecule has 1 aliphatic heterocycles. The Hall–Kier alpha value is -3.80. The van der Waals surface area contributed by atoms with Gasteiger partial charge in [-0.15, -0.1) is 0 Å². The number of benzene rings is 2. The lowest BCUT2D eigenvalue weighted by atomic mass is 10.0. The lowest BCUT2D eigenvalue weighted by Gasteiger charge is -2.30. The van der Waals surface area contributed by atoms with Crippen molar-refractivity contribution in [2.24, 2.45) is 0 Å². The maximum absolute atomic E-state index is 13.1. The van der Waals surface area contributed by atoms with Crippen LogP contribution in [0.3, 0.4) is 0 Å². The van der Waals surface area contributed by atoms with E-state index in [1.807, 2.05) is 52.0 Å². The van der Waals surface area contributed by atoms with Crippen LogP contribution in [-0.2, 0) is 13.0 Å². The summed E-state index contributed by atoms with van der Waals surface area (Å²) in [6.45, 7) is 2.59. The molecule has 0 spiro atoms. The first-order valence-electron chi connectivity index (χ1n) is 10.6. The smallest absolute Gasteiger partial charge is 0.318 e. The Balaban J connectivity index is 1.80. The average molecular weight is 412 g/mol. The van der Waals surface area contributed by atoms with E-state index in [1.165, 1.54) is 0 Å². The topological polar surface area (TPSA) is 55.1 Å². The van der Waals surface area contributed by atoms with Crippen molar-refractivity contribution in [3.05, 3.63) is 102 Å². The van der Waals surface area contributed by atoms with Crippen LogP contribution >= 0.6 is 0 Å². The van der Waals surface area contributed by atoms with E-state index in [1.54, 1.807) is 7.05 Å². The van der Waals surface area contributed by atoms with Gasteiger partial charge in [-0.25, -0.2) is 9.48 Å². The number of carbonyl (C=O) groups is 1. The van der Waals surface area contributed by atoms with Gasteiger partial charge in [0.25, 0.3) is 0 Å². The summed E-state index contributed by atoms with van der Waals surface area (Å²) in [6.07, 6.45) is 2.86. The van der Waals surface area contributed by atoms with E-state index in [0.717, 1.165) is 40.4 Å². The van der Waals surface area contributed by atoms with Crippen LogP contribution in [0.2, 0.25) is 0 Å². The number of aromatic nitrogens is 3. The third kappa shape index (κ3) is 3.11. The van der Waals surface area contributed by atoms with Gasteiger partial charge in [0.1, 0.15) is 5.82 Å². The summed E-state index contributed by atoms with van der Waals surface area (Å²) in [6, 6.07) is 24.2. The minimum absolute atomic E-state index is 0.107. The molecule has 2 amide bonds. The monoisotopic (exact) mass is 411 g/mol. The second-order valence-corrected chi connectivity index (χ2v) is 7.65. The normalized spacial score (nSPS) is 15.2. The van der Waals surface area contributed by atoms with E-state index in [9.17, 15) is 4.79 Å². The first-order chi connectivity index (χ1) is 15.2. The van der Waals surface area contributed by atoms with Gasteiger partial charge in [0, 0.05) is 18.8 Å². The molecule has 5 rings (SSSR count). The molecule has 31 heavy (non-hydrogen) atoms. The molecule has 2 aromatic heterocycles. The second-order valence-electron chi connectivity index (χ2n) is 7.65. The fourth-order valence-corrected chi connectivity index (χ4v) is 4.48. The molecular formula is C25H25N5O. The predicted octanol–water partition coefficient (Wildman–Crippen LogP) is 4.47. The Kier molecular flexibility index (Phi) is 4.82. The van der Waals surface area contributed by atoms with Crippen LogP contribution in [0.4, 0.5) is 4.79 Å². The number of amides is 2. The molecule has 0 bridgehead atoms. The zero-order valence-electron chi connectivity index (χ0n) is 17.7. The van der Waals surface area contributed by atoms with Crippen molar-refractivity contribution in [2.45, 2.75) is 25.9 Å². The summed E-state index contributed by atoms with van der Waals surface area (Å²) in [7, 11) is 1.68. The summed E-state index contributed by atoms with van der Waals surface area (Å²) in [5.41, 5.74) is 5.19. The number of carbonyl (C=O) groups excluding carboxylic acids is 1. The Morgan fingerprint density at radius 3 is 2.42 bits per heavy atom. The number of aryl methyl sites for hydroxylation is 1. The third-order valence-corrected chi connectivity index (χ3v) is 5.89. The predicted molar refractivity (Wildman–Crippen MR) is 121 cm³/mol. The number of fused-ring (bicyclic) bond motifs is 3. The highest BCUT2D eigenvalue weighted by Gasteiger charge is 2.35. The molecule has 1 aliphatic rings. The van der Waals surface area contributed by atoms with Gasteiger partial charge < -0.3 is 14.8 Å². The second kappa shape index (κ2) is 7.80. The average Bonchev–Trinajstić information content (AvgIpc) is 3.40. The number of urea groups is 1. The van der Waals surface area contributed by atoms with Crippen molar-refractivity contribution < 1.29 is 4.79 Å². The van der Waals surface area contributed by atoms with Gasteiger partial charge in [0.15, 0.2) is 0 Å². The fraction of sp³-hybridized carbons (Fsp3) is 0.200. The van der Waals surface area contributed by atoms with Crippen LogP contribution in [0.1, 0.15) is 35.5 Å². The molecule has 0 radical (unpaired) electrons. The van der Waals surface area contributed by atoms with Crippen LogP contribution in [0.15, 0.2) is 79.0 Å². The summed E-state index contributed by atoms with van der Waals surface area (Å²) in [5, 5.41) is 7.80. The van der Waals surface area contributed by atoms with Gasteiger partial charge in [-0.2, -0.15) is 5.10 Å². The van der Waals surface area contributed by atoms with E-state index in [4.69, 9.17) is 5.10 Å². The molecular weight excluding hydrogens is 386 g/mol. The van der Waals surface area contributed by atoms with Gasteiger partial charge in [0.2, 0.25) is 0 Å². The van der Waals surface area contributed by atoms with Crippen molar-refractivity contribution >= 4 is 6.03 Å². The minimum Gasteiger partial charge on any atom is -0.341 e. The van der Waals surface area contributed by atoms with Crippen LogP contribution < -0.4 is 5.32 Å². The number of hydrogen-bond donors (Lipinski definition) is 1. The molecule has 0 fully saturated rings. The molecule has 1 atom stereocenters. The molecule has 6 nitrogen and oxygen atoms in total. The van der Waals surface area contributed by atoms with Crippen molar-refractivity contribution in [2.75, 3.05) is 7.05 Å². The molecule has 156 valence electrons. The van der Waals surface area contributed by atoms with Gasteiger partial charge in [-0.05, 0) is 36.2 Å². The zero-order chi connectivity index (χ0) is 21.4. The van der Waals surface area contributed by atoms with Crippen molar-refractivity contribution in [3.63, 3.8) is 0 Å². The van der Waals surface area contributed by atoms with E-state index in [0.29, 0.717) is 6.54 Å². The summed E-state index contributed by atoms with van der Waals surface area (Å²) in [4.78, 5) is 15.0. The Labute approximate surface area is 181 Å². The molecule has 1 unspecified atom stereocenters. The van der Waals surface area contributed by atoms with Crippen molar-refractivity contribution in [1.82, 2.24) is 24.6 Å². The van der Waals surface area contributed by atoms with E-state index >= 15 is 0 Å². The van der Waals surface area contributed by atoms with Gasteiger partial charge in [-0.3, -0.25) is 0 Å². The van der Waals surface area contributed by atoms with Gasteiger partial charge in [0.05, 0.1) is 29.7 Å². The summed E-state index contributed by atoms with van der Waals surface area (Å²) < 4.78 is 4.20. The van der Waals surface area contributed by atoms with E-state index < -0.39 is 0 Å². The van der Waals surface area contributed by atoms with Crippen molar-refractivity contribution in [1.29, 1.82) is 0 Å². The van der Waals surface area contributed by atoms with E-state index in [2.05, 4.69) is 53.3 Å². The maximum atomic E-state index is 13.1. The van der Waals surface area contributed by atoms with Gasteiger partial charge >= 0.3 is 6.03 Å². The van der Waals surface area contributed by atoms with Crippen molar-refractivity contribution in [3.8, 4) is 11.5 Å². The first-order valence-corrected chi connectivity index (χ1v) is 10.6. The quantitative estimate of drug-likeness (QED) is 0.541. The lowest BCUT2D eigenvalue weighted by molar-refractivity contribution is 0.182. The highest BCUT2D eigenvalue weighted by molar-refractivity contribution is 5.75. The SMILES string of the molecule is CCc1nn(-c2ccccc2)c2c1CN(C(=O)NC)C(c1ccccc1)c1cccn1-2. The Morgan fingerprint density at radius 2 is 1.74 bits per heavy atom. The number of nitrogens with one attached hydrogen (secondary N) is 1. The summed E-state index contributed by atoms with van der Waals surface area (Å²) in [5.74, 6) is 0.996. The number of rotatable bonds is 3. The number of nitrogens with zero attached hydrogens (tertiary/aromatic N) is 4. The minimum atomic E-state index is -0.211.